The van der Waals surface area contributed by atoms with Gasteiger partial charge >= 0.3 is 6.18 Å². The van der Waals surface area contributed by atoms with Crippen molar-refractivity contribution in [3.05, 3.63) is 36.8 Å². The van der Waals surface area contributed by atoms with E-state index in [2.05, 4.69) is 42.2 Å². The molecule has 8 nitrogen and oxygen atoms in total. The quantitative estimate of drug-likeness (QED) is 0.446. The molecule has 0 spiro atoms. The molecular weight excluding hydrogens is 447 g/mol. The van der Waals surface area contributed by atoms with Gasteiger partial charge in [-0.1, -0.05) is 6.07 Å². The smallest absolute Gasteiger partial charge is 0.408 e. The molecule has 0 aliphatic carbocycles. The van der Waals surface area contributed by atoms with E-state index in [0.717, 1.165) is 49.5 Å². The molecule has 1 aromatic carbocycles. The average molecular weight is 471 g/mol. The molecule has 11 heteroatoms. The number of nitrogens with zero attached hydrogens (tertiary/aromatic N) is 5. The number of aromatic nitrogens is 5. The van der Waals surface area contributed by atoms with E-state index in [1.807, 2.05) is 18.2 Å². The highest BCUT2D eigenvalue weighted by molar-refractivity contribution is 5.95. The molecule has 4 heterocycles. The van der Waals surface area contributed by atoms with Crippen LogP contribution in [-0.4, -0.2) is 68.3 Å². The number of piperidine rings is 1. The van der Waals surface area contributed by atoms with Crippen LogP contribution in [0.15, 0.2) is 36.8 Å². The molecule has 0 radical (unpaired) electrons. The molecule has 1 aliphatic rings. The second kappa shape index (κ2) is 8.71. The van der Waals surface area contributed by atoms with Crippen molar-refractivity contribution in [2.24, 2.45) is 0 Å². The van der Waals surface area contributed by atoms with E-state index < -0.39 is 12.2 Å². The molecule has 1 fully saturated rings. The van der Waals surface area contributed by atoms with Gasteiger partial charge in [-0.25, -0.2) is 15.0 Å². The van der Waals surface area contributed by atoms with Crippen molar-refractivity contribution >= 4 is 28.0 Å². The molecule has 3 aromatic heterocycles. The molecule has 178 valence electrons. The number of rotatable bonds is 5. The van der Waals surface area contributed by atoms with Gasteiger partial charge in [-0.15, -0.1) is 0 Å². The van der Waals surface area contributed by atoms with Crippen LogP contribution >= 0.6 is 0 Å². The maximum absolute atomic E-state index is 12.8. The summed E-state index contributed by atoms with van der Waals surface area (Å²) in [7, 11) is 2.10. The first-order valence-electron chi connectivity index (χ1n) is 11.1. The predicted molar refractivity (Wildman–Crippen MR) is 123 cm³/mol. The number of anilines is 1. The van der Waals surface area contributed by atoms with Gasteiger partial charge in [0.25, 0.3) is 0 Å². The number of benzene rings is 1. The number of hydrogen-bond donors (Lipinski definition) is 2. The Hall–Kier alpha value is -3.47. The summed E-state index contributed by atoms with van der Waals surface area (Å²) in [5.74, 6) is 0.404. The van der Waals surface area contributed by atoms with Crippen molar-refractivity contribution in [2.45, 2.75) is 38.1 Å². The number of hydrogen-bond acceptors (Lipinski definition) is 7. The van der Waals surface area contributed by atoms with Crippen molar-refractivity contribution in [3.63, 3.8) is 0 Å². The Morgan fingerprint density at radius 3 is 2.68 bits per heavy atom. The summed E-state index contributed by atoms with van der Waals surface area (Å²) in [5, 5.41) is 2.98. The third-order valence-electron chi connectivity index (χ3n) is 6.05. The third kappa shape index (κ3) is 4.60. The van der Waals surface area contributed by atoms with Crippen LogP contribution in [0.25, 0.3) is 33.2 Å². The molecular formula is C23H24F3N7O. The van der Waals surface area contributed by atoms with Gasteiger partial charge in [0.05, 0.1) is 17.2 Å². The van der Waals surface area contributed by atoms with E-state index in [9.17, 15) is 13.2 Å². The van der Waals surface area contributed by atoms with Crippen LogP contribution in [0.1, 0.15) is 19.8 Å². The highest BCUT2D eigenvalue weighted by Crippen LogP contribution is 2.31. The Morgan fingerprint density at radius 2 is 1.91 bits per heavy atom. The van der Waals surface area contributed by atoms with E-state index in [0.29, 0.717) is 22.4 Å². The summed E-state index contributed by atoms with van der Waals surface area (Å²) < 4.78 is 44.6. The summed E-state index contributed by atoms with van der Waals surface area (Å²) in [6, 6.07) is 3.93. The minimum absolute atomic E-state index is 0.0919. The van der Waals surface area contributed by atoms with Crippen molar-refractivity contribution < 1.29 is 17.9 Å². The first-order valence-corrected chi connectivity index (χ1v) is 11.1. The lowest BCUT2D eigenvalue weighted by Gasteiger charge is -2.28. The van der Waals surface area contributed by atoms with Gasteiger partial charge in [-0.2, -0.15) is 18.2 Å². The Morgan fingerprint density at radius 1 is 1.12 bits per heavy atom. The highest BCUT2D eigenvalue weighted by atomic mass is 19.4. The van der Waals surface area contributed by atoms with Crippen LogP contribution in [-0.2, 0) is 0 Å². The zero-order valence-electron chi connectivity index (χ0n) is 18.7. The molecule has 1 aliphatic heterocycles. The molecule has 0 saturated carbocycles. The van der Waals surface area contributed by atoms with Crippen molar-refractivity contribution in [2.75, 3.05) is 25.5 Å². The molecule has 0 amide bonds. The Balaban J connectivity index is 1.40. The van der Waals surface area contributed by atoms with E-state index in [-0.39, 0.29) is 12.1 Å². The Kier molecular flexibility index (Phi) is 5.72. The zero-order valence-corrected chi connectivity index (χ0v) is 18.7. The van der Waals surface area contributed by atoms with Gasteiger partial charge in [0, 0.05) is 36.4 Å². The summed E-state index contributed by atoms with van der Waals surface area (Å²) >= 11 is 0. The second-order valence-electron chi connectivity index (χ2n) is 8.60. The maximum Gasteiger partial charge on any atom is 0.408 e. The van der Waals surface area contributed by atoms with Gasteiger partial charge in [0.15, 0.2) is 0 Å². The molecule has 1 saturated heterocycles. The van der Waals surface area contributed by atoms with E-state index >= 15 is 0 Å². The number of halogens is 3. The average Bonchev–Trinajstić information content (AvgIpc) is 3.23. The SMILES string of the molecule is C[C@@H](Nc1ncc2c(-c3ccc4ncc(OC5CCN(C)CC5)nc4c3)c[nH]c2n1)C(F)(F)F. The number of nitrogens with one attached hydrogen (secondary N) is 2. The van der Waals surface area contributed by atoms with Gasteiger partial charge in [0.1, 0.15) is 17.8 Å². The van der Waals surface area contributed by atoms with Crippen LogP contribution in [0.3, 0.4) is 0 Å². The normalized spacial score (nSPS) is 16.7. The molecule has 5 rings (SSSR count). The van der Waals surface area contributed by atoms with Gasteiger partial charge in [0.2, 0.25) is 11.8 Å². The van der Waals surface area contributed by atoms with Crippen LogP contribution in [0, 0.1) is 0 Å². The predicted octanol–water partition coefficient (Wildman–Crippen LogP) is 4.40. The molecule has 4 aromatic rings. The highest BCUT2D eigenvalue weighted by Gasteiger charge is 2.36. The van der Waals surface area contributed by atoms with Crippen molar-refractivity contribution in [1.29, 1.82) is 0 Å². The number of aromatic amines is 1. The van der Waals surface area contributed by atoms with E-state index in [4.69, 9.17) is 4.74 Å². The number of ether oxygens (including phenoxy) is 1. The maximum atomic E-state index is 12.8. The lowest BCUT2D eigenvalue weighted by atomic mass is 10.1. The fourth-order valence-corrected chi connectivity index (χ4v) is 3.98. The summed E-state index contributed by atoms with van der Waals surface area (Å²) in [6.07, 6.45) is 2.55. The fourth-order valence-electron chi connectivity index (χ4n) is 3.98. The number of fused-ring (bicyclic) bond motifs is 2. The van der Waals surface area contributed by atoms with Crippen LogP contribution in [0.5, 0.6) is 5.88 Å². The summed E-state index contributed by atoms with van der Waals surface area (Å²) in [6.45, 7) is 3.00. The minimum Gasteiger partial charge on any atom is -0.473 e. The molecule has 0 bridgehead atoms. The summed E-state index contributed by atoms with van der Waals surface area (Å²) in [5.41, 5.74) is 3.54. The van der Waals surface area contributed by atoms with Crippen LogP contribution in [0.4, 0.5) is 19.1 Å². The van der Waals surface area contributed by atoms with Gasteiger partial charge in [-0.3, -0.25) is 0 Å². The van der Waals surface area contributed by atoms with Crippen LogP contribution < -0.4 is 10.1 Å². The monoisotopic (exact) mass is 471 g/mol. The first-order chi connectivity index (χ1) is 16.3. The Labute approximate surface area is 193 Å². The number of alkyl halides is 3. The van der Waals surface area contributed by atoms with Gasteiger partial charge < -0.3 is 19.9 Å². The second-order valence-corrected chi connectivity index (χ2v) is 8.60. The van der Waals surface area contributed by atoms with Crippen molar-refractivity contribution in [1.82, 2.24) is 29.8 Å². The molecule has 1 atom stereocenters. The molecule has 34 heavy (non-hydrogen) atoms. The van der Waals surface area contributed by atoms with E-state index in [1.54, 1.807) is 12.4 Å². The lowest BCUT2D eigenvalue weighted by molar-refractivity contribution is -0.138. The molecule has 2 N–H and O–H groups in total. The Bertz CT molecular complexity index is 1320. The first kappa shape index (κ1) is 22.3. The van der Waals surface area contributed by atoms with Gasteiger partial charge in [-0.05, 0) is 44.5 Å². The standard InChI is InChI=1S/C23H24F3N7O/c1-13(23(24,25)26)30-22-29-11-17-16(10-28-21(17)32-22)14-3-4-18-19(9-14)31-20(12-27-18)34-15-5-7-33(2)8-6-15/h3-4,9-13,15H,5-8H2,1-2H3,(H2,28,29,30,32)/t13-/m1/s1. The van der Waals surface area contributed by atoms with Crippen molar-refractivity contribution in [3.8, 4) is 17.0 Å². The topological polar surface area (TPSA) is 91.9 Å². The fraction of sp³-hybridized carbons (Fsp3) is 0.391. The zero-order chi connectivity index (χ0) is 23.9. The number of likely N-dealkylation sites (tertiary alicyclic amines) is 1. The summed E-state index contributed by atoms with van der Waals surface area (Å²) in [4.78, 5) is 22.7. The van der Waals surface area contributed by atoms with Crippen LogP contribution in [0.2, 0.25) is 0 Å². The van der Waals surface area contributed by atoms with E-state index in [1.165, 1.54) is 6.20 Å². The minimum atomic E-state index is -4.39. The largest absolute Gasteiger partial charge is 0.473 e. The molecule has 0 unspecified atom stereocenters. The lowest BCUT2D eigenvalue weighted by Crippen LogP contribution is -2.35. The number of H-pyrrole nitrogens is 1. The third-order valence-corrected chi connectivity index (χ3v) is 6.05.